The van der Waals surface area contributed by atoms with Crippen LogP contribution in [0.3, 0.4) is 0 Å². The number of unbranched alkanes of at least 4 members (excludes halogenated alkanes) is 1. The lowest BCUT2D eigenvalue weighted by atomic mass is 10.0. The van der Waals surface area contributed by atoms with Gasteiger partial charge in [0.05, 0.1) is 18.5 Å². The Bertz CT molecular complexity index is 1050. The van der Waals surface area contributed by atoms with Crippen molar-refractivity contribution in [2.45, 2.75) is 46.5 Å². The van der Waals surface area contributed by atoms with Gasteiger partial charge in [0, 0.05) is 48.6 Å². The molecule has 0 aromatic carbocycles. The van der Waals surface area contributed by atoms with Crippen LogP contribution < -0.4 is 5.32 Å². The number of rotatable bonds is 10. The molecule has 0 atom stereocenters. The van der Waals surface area contributed by atoms with Crippen molar-refractivity contribution in [2.75, 3.05) is 13.7 Å². The number of halogens is 1. The number of amides is 1. The molecule has 3 heterocycles. The van der Waals surface area contributed by atoms with Crippen molar-refractivity contribution in [1.29, 1.82) is 0 Å². The molecule has 0 aliphatic carbocycles. The van der Waals surface area contributed by atoms with Crippen LogP contribution in [-0.4, -0.2) is 41.0 Å². The zero-order chi connectivity index (χ0) is 22.4. The molecule has 32 heavy (non-hydrogen) atoms. The Balaban J connectivity index is 0.00000363. The van der Waals surface area contributed by atoms with E-state index in [0.717, 1.165) is 33.9 Å². The molecule has 0 saturated carbocycles. The number of aromatic nitrogens is 2. The van der Waals surface area contributed by atoms with Crippen LogP contribution in [-0.2, 0) is 9.53 Å². The number of nitrogens with zero attached hydrogens (tertiary/aromatic N) is 1. The molecule has 2 aromatic rings. The number of ether oxygens (including phenoxy) is 1. The molecule has 1 aliphatic heterocycles. The van der Waals surface area contributed by atoms with E-state index in [2.05, 4.69) is 20.3 Å². The van der Waals surface area contributed by atoms with Gasteiger partial charge in [0.15, 0.2) is 5.78 Å². The fourth-order valence-corrected chi connectivity index (χ4v) is 3.76. The summed E-state index contributed by atoms with van der Waals surface area (Å²) in [5, 5.41) is 2.78. The van der Waals surface area contributed by atoms with E-state index in [1.165, 1.54) is 0 Å². The number of nitrogens with one attached hydrogen (secondary N) is 3. The summed E-state index contributed by atoms with van der Waals surface area (Å²) < 4.78 is 5.50. The van der Waals surface area contributed by atoms with E-state index in [4.69, 9.17) is 4.74 Å². The second kappa shape index (κ2) is 11.5. The van der Waals surface area contributed by atoms with E-state index in [0.29, 0.717) is 43.7 Å². The van der Waals surface area contributed by atoms with Crippen LogP contribution >= 0.6 is 12.4 Å². The average molecular weight is 459 g/mol. The molecule has 0 unspecified atom stereocenters. The number of aliphatic imine (C=N–C) groups is 1. The number of hydrogen-bond acceptors (Lipinski definition) is 4. The van der Waals surface area contributed by atoms with Crippen LogP contribution in [0.15, 0.2) is 40.9 Å². The summed E-state index contributed by atoms with van der Waals surface area (Å²) in [5.41, 5.74) is 5.73. The van der Waals surface area contributed by atoms with Crippen molar-refractivity contribution in [3.05, 3.63) is 64.1 Å². The van der Waals surface area contributed by atoms with Gasteiger partial charge in [-0.3, -0.25) is 9.59 Å². The monoisotopic (exact) mass is 458 g/mol. The van der Waals surface area contributed by atoms with E-state index in [1.807, 2.05) is 51.3 Å². The van der Waals surface area contributed by atoms with Crippen molar-refractivity contribution < 1.29 is 14.3 Å². The zero-order valence-electron chi connectivity index (χ0n) is 19.0. The first-order valence-corrected chi connectivity index (χ1v) is 10.6. The minimum Gasteiger partial charge on any atom is -0.494 e. The predicted molar refractivity (Wildman–Crippen MR) is 129 cm³/mol. The van der Waals surface area contributed by atoms with Gasteiger partial charge in [0.25, 0.3) is 0 Å². The highest BCUT2D eigenvalue weighted by atomic mass is 35.5. The number of H-pyrrole nitrogens is 2. The van der Waals surface area contributed by atoms with E-state index < -0.39 is 0 Å². The molecule has 0 saturated heterocycles. The van der Waals surface area contributed by atoms with Gasteiger partial charge in [0.1, 0.15) is 11.5 Å². The van der Waals surface area contributed by atoms with Crippen LogP contribution in [0.2, 0.25) is 0 Å². The third-order valence-electron chi connectivity index (χ3n) is 5.32. The summed E-state index contributed by atoms with van der Waals surface area (Å²) >= 11 is 0. The number of allylic oxidation sites excluding steroid dienone is 1. The molecule has 3 N–H and O–H groups in total. The number of methoxy groups -OCH3 is 1. The summed E-state index contributed by atoms with van der Waals surface area (Å²) in [6.07, 6.45) is 7.94. The van der Waals surface area contributed by atoms with Crippen molar-refractivity contribution in [3.63, 3.8) is 0 Å². The molecular formula is C24H31ClN4O3. The molecule has 0 bridgehead atoms. The number of aromatic amines is 2. The molecule has 7 nitrogen and oxygen atoms in total. The largest absolute Gasteiger partial charge is 0.494 e. The molecule has 0 spiro atoms. The summed E-state index contributed by atoms with van der Waals surface area (Å²) in [5.74, 6) is 0.807. The lowest BCUT2D eigenvalue weighted by Crippen LogP contribution is -2.22. The van der Waals surface area contributed by atoms with Gasteiger partial charge < -0.3 is 20.0 Å². The fourth-order valence-electron chi connectivity index (χ4n) is 3.76. The highest BCUT2D eigenvalue weighted by Gasteiger charge is 2.21. The van der Waals surface area contributed by atoms with Crippen molar-refractivity contribution >= 4 is 35.9 Å². The summed E-state index contributed by atoms with van der Waals surface area (Å²) in [6, 6.07) is 3.88. The van der Waals surface area contributed by atoms with Gasteiger partial charge in [-0.05, 0) is 57.4 Å². The average Bonchev–Trinajstić information content (AvgIpc) is 3.45. The van der Waals surface area contributed by atoms with E-state index in [9.17, 15) is 9.59 Å². The minimum atomic E-state index is 0. The minimum absolute atomic E-state index is 0. The van der Waals surface area contributed by atoms with Crippen LogP contribution in [0.25, 0.3) is 6.08 Å². The Morgan fingerprint density at radius 2 is 1.97 bits per heavy atom. The van der Waals surface area contributed by atoms with Crippen molar-refractivity contribution in [2.24, 2.45) is 4.99 Å². The number of ketones is 1. The molecule has 2 aromatic heterocycles. The Morgan fingerprint density at radius 1 is 1.22 bits per heavy atom. The van der Waals surface area contributed by atoms with Gasteiger partial charge in [0.2, 0.25) is 5.91 Å². The quantitative estimate of drug-likeness (QED) is 0.357. The molecular weight excluding hydrogens is 428 g/mol. The topological polar surface area (TPSA) is 99.3 Å². The number of carbonyl (C=O) groups excluding carboxylic acids is 2. The number of carbonyl (C=O) groups is 2. The van der Waals surface area contributed by atoms with Gasteiger partial charge in [-0.2, -0.15) is 0 Å². The second-order valence-electron chi connectivity index (χ2n) is 7.57. The Hall–Kier alpha value is -3.06. The fraction of sp³-hybridized carbons (Fsp3) is 0.375. The van der Waals surface area contributed by atoms with Crippen LogP contribution in [0.5, 0.6) is 0 Å². The predicted octanol–water partition coefficient (Wildman–Crippen LogP) is 4.63. The maximum Gasteiger partial charge on any atom is 0.219 e. The molecule has 0 radical (unpaired) electrons. The van der Waals surface area contributed by atoms with Crippen molar-refractivity contribution in [1.82, 2.24) is 15.3 Å². The first kappa shape index (κ1) is 25.2. The normalized spacial score (nSPS) is 14.1. The van der Waals surface area contributed by atoms with Crippen molar-refractivity contribution in [3.8, 4) is 0 Å². The van der Waals surface area contributed by atoms with Crippen LogP contribution in [0.4, 0.5) is 0 Å². The Labute approximate surface area is 194 Å². The van der Waals surface area contributed by atoms with Gasteiger partial charge in [-0.1, -0.05) is 0 Å². The lowest BCUT2D eigenvalue weighted by molar-refractivity contribution is -0.121. The van der Waals surface area contributed by atoms with Gasteiger partial charge in [-0.15, -0.1) is 12.4 Å². The van der Waals surface area contributed by atoms with E-state index >= 15 is 0 Å². The standard InChI is InChI=1S/C24H30N4O3.ClH/c1-5-25-23(30)11-7-6-10-21(29)24-15(2)18(27-16(24)3)13-20-22(31-4)14-19(28-20)17-9-8-12-26-17;/h8-9,12-14,26-27H,5-7,10-11H2,1-4H3,(H,25,30);1H/b20-13-;. The maximum atomic E-state index is 12.8. The van der Waals surface area contributed by atoms with Crippen LogP contribution in [0, 0.1) is 13.8 Å². The highest BCUT2D eigenvalue weighted by Crippen LogP contribution is 2.28. The Kier molecular flexibility index (Phi) is 9.08. The van der Waals surface area contributed by atoms with Crippen LogP contribution in [0.1, 0.15) is 65.6 Å². The van der Waals surface area contributed by atoms with Gasteiger partial charge in [-0.25, -0.2) is 4.99 Å². The smallest absolute Gasteiger partial charge is 0.219 e. The molecule has 172 valence electrons. The number of Topliss-reactive ketones (excluding diaryl/α,β-unsaturated/α-hetero) is 1. The Morgan fingerprint density at radius 3 is 2.62 bits per heavy atom. The first-order chi connectivity index (χ1) is 14.9. The zero-order valence-corrected chi connectivity index (χ0v) is 19.8. The SMILES string of the molecule is CCNC(=O)CCCCC(=O)c1c(C)[nH]c(/C=C2\N=C(c3ccc[nH]3)C=C2OC)c1C.Cl. The number of hydrogen-bond donors (Lipinski definition) is 3. The molecule has 1 aliphatic rings. The van der Waals surface area contributed by atoms with E-state index in [1.54, 1.807) is 7.11 Å². The molecule has 1 amide bonds. The van der Waals surface area contributed by atoms with Gasteiger partial charge >= 0.3 is 0 Å². The highest BCUT2D eigenvalue weighted by molar-refractivity contribution is 6.11. The summed E-state index contributed by atoms with van der Waals surface area (Å²) in [6.45, 7) is 6.38. The molecule has 3 rings (SSSR count). The summed E-state index contributed by atoms with van der Waals surface area (Å²) in [7, 11) is 1.62. The lowest BCUT2D eigenvalue weighted by Gasteiger charge is -2.04. The van der Waals surface area contributed by atoms with E-state index in [-0.39, 0.29) is 24.1 Å². The second-order valence-corrected chi connectivity index (χ2v) is 7.57. The first-order valence-electron chi connectivity index (χ1n) is 10.6. The summed E-state index contributed by atoms with van der Waals surface area (Å²) in [4.78, 5) is 35.5. The maximum absolute atomic E-state index is 12.8. The number of aryl methyl sites for hydroxylation is 1. The third kappa shape index (κ3) is 5.79. The third-order valence-corrected chi connectivity index (χ3v) is 5.32. The molecule has 0 fully saturated rings. The molecule has 8 heteroatoms.